The Kier molecular flexibility index (Phi) is 6.21. The Hall–Kier alpha value is -3.67. The molecule has 1 aromatic heterocycles. The van der Waals surface area contributed by atoms with E-state index in [1.54, 1.807) is 6.07 Å². The molecule has 0 aliphatic heterocycles. The van der Waals surface area contributed by atoms with Gasteiger partial charge in [0.2, 0.25) is 0 Å². The minimum absolute atomic E-state index is 0.252. The number of nitrogens with zero attached hydrogens (tertiary/aromatic N) is 1. The summed E-state index contributed by atoms with van der Waals surface area (Å²) >= 11 is 0. The minimum Gasteiger partial charge on any atom is -0.455 e. The van der Waals surface area contributed by atoms with Crippen LogP contribution in [-0.2, 0) is 12.8 Å². The molecule has 2 N–H and O–H groups in total. The number of aryl methyl sites for hydroxylation is 3. The van der Waals surface area contributed by atoms with Crippen molar-refractivity contribution >= 4 is 23.2 Å². The lowest BCUT2D eigenvalue weighted by molar-refractivity contribution is 0.0953. The van der Waals surface area contributed by atoms with Gasteiger partial charge in [-0.15, -0.1) is 0 Å². The van der Waals surface area contributed by atoms with Crippen LogP contribution in [0.1, 0.15) is 68.7 Å². The van der Waals surface area contributed by atoms with Crippen LogP contribution >= 0.6 is 0 Å². The van der Waals surface area contributed by atoms with E-state index in [1.807, 2.05) is 56.3 Å². The third kappa shape index (κ3) is 4.35. The van der Waals surface area contributed by atoms with Crippen molar-refractivity contribution in [1.82, 2.24) is 5.43 Å². The molecule has 0 saturated carbocycles. The lowest BCUT2D eigenvalue weighted by atomic mass is 9.93. The zero-order valence-electron chi connectivity index (χ0n) is 18.6. The van der Waals surface area contributed by atoms with E-state index in [1.165, 1.54) is 5.56 Å². The number of hydrogen-bond acceptors (Lipinski definition) is 4. The van der Waals surface area contributed by atoms with Crippen molar-refractivity contribution in [1.29, 1.82) is 0 Å². The zero-order chi connectivity index (χ0) is 22.7. The summed E-state index contributed by atoms with van der Waals surface area (Å²) in [5, 5.41) is 7.31. The van der Waals surface area contributed by atoms with E-state index in [2.05, 4.69) is 22.8 Å². The number of hydrogen-bond donors (Lipinski definition) is 2. The van der Waals surface area contributed by atoms with Crippen molar-refractivity contribution in [3.05, 3.63) is 87.9 Å². The van der Waals surface area contributed by atoms with E-state index in [9.17, 15) is 9.59 Å². The van der Waals surface area contributed by atoms with Gasteiger partial charge in [0, 0.05) is 28.8 Å². The van der Waals surface area contributed by atoms with Gasteiger partial charge in [0.1, 0.15) is 5.76 Å². The Balaban J connectivity index is 1.55. The quantitative estimate of drug-likeness (QED) is 0.548. The topological polar surface area (TPSA) is 83.7 Å². The molecule has 0 unspecified atom stereocenters. The van der Waals surface area contributed by atoms with Crippen LogP contribution in [0.4, 0.5) is 5.69 Å². The van der Waals surface area contributed by atoms with Crippen molar-refractivity contribution in [2.45, 2.75) is 46.5 Å². The summed E-state index contributed by atoms with van der Waals surface area (Å²) in [6.07, 6.45) is 3.24. The van der Waals surface area contributed by atoms with Gasteiger partial charge >= 0.3 is 0 Å². The molecule has 4 rings (SSSR count). The molecule has 0 saturated heterocycles. The summed E-state index contributed by atoms with van der Waals surface area (Å²) < 4.78 is 5.95. The van der Waals surface area contributed by atoms with Crippen LogP contribution in [0.2, 0.25) is 0 Å². The van der Waals surface area contributed by atoms with Crippen LogP contribution in [0.3, 0.4) is 0 Å². The van der Waals surface area contributed by atoms with E-state index >= 15 is 0 Å². The third-order valence-electron chi connectivity index (χ3n) is 5.83. The van der Waals surface area contributed by atoms with Gasteiger partial charge in [0.05, 0.1) is 5.71 Å². The van der Waals surface area contributed by atoms with Gasteiger partial charge in [0.25, 0.3) is 11.8 Å². The monoisotopic (exact) mass is 429 g/mol. The molecule has 6 nitrogen and oxygen atoms in total. The second-order valence-corrected chi connectivity index (χ2v) is 8.03. The molecule has 2 amide bonds. The summed E-state index contributed by atoms with van der Waals surface area (Å²) in [5.41, 5.74) is 8.39. The van der Waals surface area contributed by atoms with Crippen LogP contribution in [0.15, 0.2) is 58.0 Å². The van der Waals surface area contributed by atoms with Gasteiger partial charge < -0.3 is 9.73 Å². The number of hydrazone groups is 1. The van der Waals surface area contributed by atoms with E-state index in [0.717, 1.165) is 53.1 Å². The summed E-state index contributed by atoms with van der Waals surface area (Å²) in [6.45, 7) is 5.84. The smallest absolute Gasteiger partial charge is 0.291 e. The number of nitrogens with one attached hydrogen (secondary N) is 2. The molecule has 6 heteroatoms. The van der Waals surface area contributed by atoms with E-state index in [-0.39, 0.29) is 17.6 Å². The van der Waals surface area contributed by atoms with Crippen LogP contribution in [0, 0.1) is 13.8 Å². The number of carbonyl (C=O) groups is 2. The van der Waals surface area contributed by atoms with Crippen LogP contribution in [-0.4, -0.2) is 17.5 Å². The molecule has 0 radical (unpaired) electrons. The molecule has 164 valence electrons. The Morgan fingerprint density at radius 1 is 1.00 bits per heavy atom. The molecule has 0 atom stereocenters. The van der Waals surface area contributed by atoms with Gasteiger partial charge in [-0.2, -0.15) is 5.10 Å². The number of amides is 2. The highest BCUT2D eigenvalue weighted by Gasteiger charge is 2.28. The van der Waals surface area contributed by atoms with Gasteiger partial charge in [-0.25, -0.2) is 5.43 Å². The molecule has 0 bridgehead atoms. The van der Waals surface area contributed by atoms with Gasteiger partial charge in [-0.3, -0.25) is 9.59 Å². The lowest BCUT2D eigenvalue weighted by Gasteiger charge is -2.13. The number of anilines is 1. The first-order valence-electron chi connectivity index (χ1n) is 10.9. The van der Waals surface area contributed by atoms with Crippen molar-refractivity contribution in [2.24, 2.45) is 5.10 Å². The summed E-state index contributed by atoms with van der Waals surface area (Å²) in [6, 6.07) is 15.2. The number of rotatable bonds is 5. The van der Waals surface area contributed by atoms with Crippen molar-refractivity contribution in [3.8, 4) is 0 Å². The average molecular weight is 430 g/mol. The predicted molar refractivity (Wildman–Crippen MR) is 125 cm³/mol. The molecule has 2 aromatic carbocycles. The van der Waals surface area contributed by atoms with Crippen LogP contribution in [0.25, 0.3) is 0 Å². The molecule has 3 aromatic rings. The average Bonchev–Trinajstić information content (AvgIpc) is 3.15. The van der Waals surface area contributed by atoms with Gasteiger partial charge in [0.15, 0.2) is 5.76 Å². The second kappa shape index (κ2) is 9.22. The van der Waals surface area contributed by atoms with Crippen molar-refractivity contribution in [2.75, 3.05) is 5.32 Å². The number of fused-ring (bicyclic) bond motifs is 1. The molecule has 0 spiro atoms. The van der Waals surface area contributed by atoms with Crippen LogP contribution in [0.5, 0.6) is 0 Å². The number of furan rings is 1. The first-order chi connectivity index (χ1) is 15.5. The Bertz CT molecular complexity index is 1190. The fraction of sp³-hybridized carbons (Fsp3) is 0.269. The summed E-state index contributed by atoms with van der Waals surface area (Å²) in [7, 11) is 0. The Morgan fingerprint density at radius 3 is 2.47 bits per heavy atom. The van der Waals surface area contributed by atoms with E-state index in [0.29, 0.717) is 12.0 Å². The normalized spacial score (nSPS) is 14.2. The first-order valence-corrected chi connectivity index (χ1v) is 10.9. The highest BCUT2D eigenvalue weighted by molar-refractivity contribution is 6.09. The largest absolute Gasteiger partial charge is 0.455 e. The van der Waals surface area contributed by atoms with Gasteiger partial charge in [-0.05, 0) is 62.4 Å². The molecular formula is C26H27N3O3. The molecule has 32 heavy (non-hydrogen) atoms. The van der Waals surface area contributed by atoms with Gasteiger partial charge in [-0.1, -0.05) is 37.3 Å². The Morgan fingerprint density at radius 2 is 1.75 bits per heavy atom. The second-order valence-electron chi connectivity index (χ2n) is 8.03. The number of benzene rings is 2. The third-order valence-corrected chi connectivity index (χ3v) is 5.83. The van der Waals surface area contributed by atoms with E-state index < -0.39 is 0 Å². The summed E-state index contributed by atoms with van der Waals surface area (Å²) in [4.78, 5) is 25.4. The SMILES string of the molecule is CCc1ccc(NC(=O)c2oc3c(c2C)/C(=N/NC(=O)c2ccccc2C)CCC3)cc1. The highest BCUT2D eigenvalue weighted by atomic mass is 16.4. The highest BCUT2D eigenvalue weighted by Crippen LogP contribution is 2.30. The summed E-state index contributed by atoms with van der Waals surface area (Å²) in [5.74, 6) is 0.486. The molecule has 1 aliphatic carbocycles. The molecule has 1 aliphatic rings. The first kappa shape index (κ1) is 21.6. The maximum atomic E-state index is 12.9. The molecule has 0 fully saturated rings. The lowest BCUT2D eigenvalue weighted by Crippen LogP contribution is -2.22. The predicted octanol–water partition coefficient (Wildman–Crippen LogP) is 5.18. The number of carbonyl (C=O) groups excluding carboxylic acids is 2. The maximum absolute atomic E-state index is 12.9. The van der Waals surface area contributed by atoms with Crippen molar-refractivity contribution < 1.29 is 14.0 Å². The molecular weight excluding hydrogens is 402 g/mol. The Labute approximate surface area is 187 Å². The zero-order valence-corrected chi connectivity index (χ0v) is 18.6. The van der Waals surface area contributed by atoms with Crippen LogP contribution < -0.4 is 10.7 Å². The molecule has 1 heterocycles. The van der Waals surface area contributed by atoms with E-state index in [4.69, 9.17) is 4.42 Å². The fourth-order valence-corrected chi connectivity index (χ4v) is 4.01. The minimum atomic E-state index is -0.288. The van der Waals surface area contributed by atoms with Crippen molar-refractivity contribution in [3.63, 3.8) is 0 Å². The maximum Gasteiger partial charge on any atom is 0.291 e. The fourth-order valence-electron chi connectivity index (χ4n) is 4.01. The standard InChI is InChI=1S/C26H27N3O3/c1-4-18-12-14-19(15-13-18)27-26(31)24-17(3)23-21(10-7-11-22(23)32-24)28-29-25(30)20-9-6-5-8-16(20)2/h5-6,8-9,12-15H,4,7,10-11H2,1-3H3,(H,27,31)(H,29,30)/b28-21+.